The first-order chi connectivity index (χ1) is 4.06. The zero-order valence-corrected chi connectivity index (χ0v) is 5.85. The molecule has 5 heteroatoms. The summed E-state index contributed by atoms with van der Waals surface area (Å²) in [5.74, 6) is -0.383. The summed E-state index contributed by atoms with van der Waals surface area (Å²) in [5.41, 5.74) is 0. The lowest BCUT2D eigenvalue weighted by Gasteiger charge is -1.94. The van der Waals surface area contributed by atoms with Crippen LogP contribution in [0, 0.1) is 0 Å². The quantitative estimate of drug-likeness (QED) is 0.391. The minimum atomic E-state index is -3.08. The van der Waals surface area contributed by atoms with Crippen molar-refractivity contribution in [2.24, 2.45) is 0 Å². The SMILES string of the molecule is CS(=O)(=O)COCC=O. The molecule has 0 N–H and O–H groups in total. The number of carbonyl (C=O) groups excluding carboxylic acids is 1. The number of aldehydes is 1. The van der Waals surface area contributed by atoms with Crippen molar-refractivity contribution in [3.05, 3.63) is 0 Å². The van der Waals surface area contributed by atoms with Gasteiger partial charge >= 0.3 is 0 Å². The molecule has 4 nitrogen and oxygen atoms in total. The summed E-state index contributed by atoms with van der Waals surface area (Å²) < 4.78 is 24.9. The van der Waals surface area contributed by atoms with Crippen LogP contribution in [0.15, 0.2) is 0 Å². The van der Waals surface area contributed by atoms with Crippen LogP contribution in [0.3, 0.4) is 0 Å². The van der Waals surface area contributed by atoms with E-state index >= 15 is 0 Å². The van der Waals surface area contributed by atoms with Crippen molar-refractivity contribution in [3.63, 3.8) is 0 Å². The second kappa shape index (κ2) is 3.58. The Hall–Kier alpha value is -0.420. The van der Waals surface area contributed by atoms with Gasteiger partial charge in [0.05, 0.1) is 0 Å². The average Bonchev–Trinajstić information content (AvgIpc) is 1.63. The Morgan fingerprint density at radius 3 is 2.44 bits per heavy atom. The Kier molecular flexibility index (Phi) is 3.41. The van der Waals surface area contributed by atoms with Crippen LogP contribution >= 0.6 is 0 Å². The monoisotopic (exact) mass is 152 g/mol. The van der Waals surface area contributed by atoms with E-state index in [-0.39, 0.29) is 12.5 Å². The number of hydrogen-bond acceptors (Lipinski definition) is 4. The molecule has 0 unspecified atom stereocenters. The highest BCUT2D eigenvalue weighted by atomic mass is 32.2. The lowest BCUT2D eigenvalue weighted by molar-refractivity contribution is -0.111. The van der Waals surface area contributed by atoms with Crippen molar-refractivity contribution in [3.8, 4) is 0 Å². The fourth-order valence-electron chi connectivity index (χ4n) is 0.248. The molecule has 0 aromatic rings. The lowest BCUT2D eigenvalue weighted by atomic mass is 10.8. The zero-order valence-electron chi connectivity index (χ0n) is 5.03. The van der Waals surface area contributed by atoms with Gasteiger partial charge in [0, 0.05) is 6.26 Å². The molecule has 0 aromatic heterocycles. The van der Waals surface area contributed by atoms with E-state index in [1.807, 2.05) is 0 Å². The van der Waals surface area contributed by atoms with Crippen molar-refractivity contribution in [1.82, 2.24) is 0 Å². The van der Waals surface area contributed by atoms with E-state index in [4.69, 9.17) is 0 Å². The van der Waals surface area contributed by atoms with Crippen LogP contribution in [-0.4, -0.2) is 33.5 Å². The van der Waals surface area contributed by atoms with Crippen LogP contribution < -0.4 is 0 Å². The summed E-state index contributed by atoms with van der Waals surface area (Å²) in [5, 5.41) is 0. The molecule has 0 radical (unpaired) electrons. The Morgan fingerprint density at radius 1 is 1.56 bits per heavy atom. The molecule has 0 aromatic carbocycles. The van der Waals surface area contributed by atoms with Gasteiger partial charge < -0.3 is 9.53 Å². The van der Waals surface area contributed by atoms with Crippen molar-refractivity contribution in [2.75, 3.05) is 18.8 Å². The van der Waals surface area contributed by atoms with Gasteiger partial charge in [-0.1, -0.05) is 0 Å². The third-order valence-corrected chi connectivity index (χ3v) is 1.08. The normalized spacial score (nSPS) is 11.2. The van der Waals surface area contributed by atoms with Gasteiger partial charge in [0.2, 0.25) is 0 Å². The molecule has 0 atom stereocenters. The molecule has 0 heterocycles. The minimum Gasteiger partial charge on any atom is -0.358 e. The number of ether oxygens (including phenoxy) is 1. The van der Waals surface area contributed by atoms with Gasteiger partial charge in [-0.15, -0.1) is 0 Å². The molecule has 54 valence electrons. The Morgan fingerprint density at radius 2 is 2.11 bits per heavy atom. The molecule has 0 amide bonds. The van der Waals surface area contributed by atoms with Gasteiger partial charge in [-0.3, -0.25) is 0 Å². The molecular formula is C4H8O4S. The van der Waals surface area contributed by atoms with Crippen LogP contribution in [0.5, 0.6) is 0 Å². The molecule has 0 fully saturated rings. The number of hydrogen-bond donors (Lipinski definition) is 0. The first-order valence-electron chi connectivity index (χ1n) is 2.25. The van der Waals surface area contributed by atoms with Crippen molar-refractivity contribution in [2.45, 2.75) is 0 Å². The zero-order chi connectivity index (χ0) is 7.33. The maximum absolute atomic E-state index is 10.3. The first-order valence-corrected chi connectivity index (χ1v) is 4.31. The summed E-state index contributed by atoms with van der Waals surface area (Å²) >= 11 is 0. The number of rotatable bonds is 4. The third kappa shape index (κ3) is 7.58. The largest absolute Gasteiger partial charge is 0.358 e. The average molecular weight is 152 g/mol. The minimum absolute atomic E-state index is 0.160. The van der Waals surface area contributed by atoms with E-state index in [1.165, 1.54) is 0 Å². The summed E-state index contributed by atoms with van der Waals surface area (Å²) in [6.45, 7) is -0.160. The molecule has 0 bridgehead atoms. The van der Waals surface area contributed by atoms with Gasteiger partial charge in [-0.2, -0.15) is 0 Å². The van der Waals surface area contributed by atoms with Crippen LogP contribution in [0.4, 0.5) is 0 Å². The van der Waals surface area contributed by atoms with Gasteiger partial charge in [-0.25, -0.2) is 8.42 Å². The maximum Gasteiger partial charge on any atom is 0.171 e. The van der Waals surface area contributed by atoms with Gasteiger partial charge in [0.15, 0.2) is 9.84 Å². The van der Waals surface area contributed by atoms with Gasteiger partial charge in [0.1, 0.15) is 18.8 Å². The fourth-order valence-corrected chi connectivity index (χ4v) is 0.647. The van der Waals surface area contributed by atoms with Gasteiger partial charge in [-0.05, 0) is 0 Å². The molecule has 0 spiro atoms. The molecule has 0 saturated carbocycles. The van der Waals surface area contributed by atoms with Crippen molar-refractivity contribution < 1.29 is 17.9 Å². The predicted octanol–water partition coefficient (Wildman–Crippen LogP) is -0.796. The Balaban J connectivity index is 3.40. The van der Waals surface area contributed by atoms with Crippen LogP contribution in [0.2, 0.25) is 0 Å². The molecular weight excluding hydrogens is 144 g/mol. The summed E-state index contributed by atoms with van der Waals surface area (Å²) in [4.78, 5) is 9.57. The van der Waals surface area contributed by atoms with E-state index in [0.717, 1.165) is 6.26 Å². The fraction of sp³-hybridized carbons (Fsp3) is 0.750. The third-order valence-electron chi connectivity index (χ3n) is 0.483. The van der Waals surface area contributed by atoms with Crippen molar-refractivity contribution >= 4 is 16.1 Å². The smallest absolute Gasteiger partial charge is 0.171 e. The summed E-state index contributed by atoms with van der Waals surface area (Å²) in [6.07, 6.45) is 1.54. The molecule has 0 rings (SSSR count). The Labute approximate surface area is 53.7 Å². The number of sulfone groups is 1. The van der Waals surface area contributed by atoms with Crippen molar-refractivity contribution in [1.29, 1.82) is 0 Å². The van der Waals surface area contributed by atoms with Crippen LogP contribution in [0.1, 0.15) is 0 Å². The van der Waals surface area contributed by atoms with E-state index < -0.39 is 9.84 Å². The molecule has 0 aliphatic carbocycles. The first kappa shape index (κ1) is 8.58. The standard InChI is InChI=1S/C4H8O4S/c1-9(6,7)4-8-3-2-5/h2H,3-4H2,1H3. The van der Waals surface area contributed by atoms with E-state index in [1.54, 1.807) is 0 Å². The molecule has 0 aliphatic rings. The van der Waals surface area contributed by atoms with Crippen LogP contribution in [0.25, 0.3) is 0 Å². The number of carbonyl (C=O) groups is 1. The lowest BCUT2D eigenvalue weighted by Crippen LogP contribution is -2.08. The molecule has 0 saturated heterocycles. The highest BCUT2D eigenvalue weighted by Gasteiger charge is 1.99. The van der Waals surface area contributed by atoms with E-state index in [0.29, 0.717) is 6.29 Å². The molecule has 9 heavy (non-hydrogen) atoms. The highest BCUT2D eigenvalue weighted by Crippen LogP contribution is 1.81. The predicted molar refractivity (Wildman–Crippen MR) is 31.7 cm³/mol. The highest BCUT2D eigenvalue weighted by molar-refractivity contribution is 7.90. The molecule has 0 aliphatic heterocycles. The summed E-state index contributed by atoms with van der Waals surface area (Å²) in [6, 6.07) is 0. The summed E-state index contributed by atoms with van der Waals surface area (Å²) in [7, 11) is -3.08. The second-order valence-corrected chi connectivity index (χ2v) is 3.67. The van der Waals surface area contributed by atoms with E-state index in [9.17, 15) is 13.2 Å². The topological polar surface area (TPSA) is 60.4 Å². The Bertz CT molecular complexity index is 169. The van der Waals surface area contributed by atoms with Crippen LogP contribution in [-0.2, 0) is 19.4 Å². The maximum atomic E-state index is 10.3. The van der Waals surface area contributed by atoms with Gasteiger partial charge in [0.25, 0.3) is 0 Å². The second-order valence-electron chi connectivity index (χ2n) is 1.58. The van der Waals surface area contributed by atoms with E-state index in [2.05, 4.69) is 4.74 Å².